The standard InChI is InChI=1S/C20H23N7O/c1-26(2)17-7-11-22-19(24-17)25-20(28)27-12-8-14(9-13-27)16-6-5-15-4-3-10-21-18(15)23-16/h3-7,10-11,14H,8-9,12-13H2,1-2H3,(H,22,24,25,28). The van der Waals surface area contributed by atoms with Gasteiger partial charge in [-0.05, 0) is 43.2 Å². The molecular formula is C20H23N7O. The number of hydrogen-bond acceptors (Lipinski definition) is 6. The summed E-state index contributed by atoms with van der Waals surface area (Å²) in [5, 5.41) is 3.84. The van der Waals surface area contributed by atoms with Gasteiger partial charge < -0.3 is 9.80 Å². The smallest absolute Gasteiger partial charge is 0.324 e. The molecule has 3 aromatic rings. The lowest BCUT2D eigenvalue weighted by molar-refractivity contribution is 0.194. The van der Waals surface area contributed by atoms with Gasteiger partial charge in [-0.1, -0.05) is 0 Å². The van der Waals surface area contributed by atoms with Crippen molar-refractivity contribution in [3.8, 4) is 0 Å². The molecule has 1 saturated heterocycles. The molecule has 0 aromatic carbocycles. The van der Waals surface area contributed by atoms with Gasteiger partial charge in [0.1, 0.15) is 5.82 Å². The maximum atomic E-state index is 12.6. The van der Waals surface area contributed by atoms with Gasteiger partial charge in [0.25, 0.3) is 0 Å². The minimum absolute atomic E-state index is 0.164. The van der Waals surface area contributed by atoms with Gasteiger partial charge in [-0.3, -0.25) is 5.32 Å². The lowest BCUT2D eigenvalue weighted by atomic mass is 9.93. The molecule has 0 radical (unpaired) electrons. The lowest BCUT2D eigenvalue weighted by Crippen LogP contribution is -2.41. The monoisotopic (exact) mass is 377 g/mol. The van der Waals surface area contributed by atoms with Crippen LogP contribution in [0.4, 0.5) is 16.6 Å². The van der Waals surface area contributed by atoms with Gasteiger partial charge in [-0.15, -0.1) is 0 Å². The van der Waals surface area contributed by atoms with Gasteiger partial charge in [0.05, 0.1) is 0 Å². The number of amides is 2. The number of pyridine rings is 2. The Kier molecular flexibility index (Phi) is 5.01. The zero-order valence-corrected chi connectivity index (χ0v) is 16.0. The summed E-state index contributed by atoms with van der Waals surface area (Å²) in [5.74, 6) is 1.41. The van der Waals surface area contributed by atoms with Crippen molar-refractivity contribution in [1.82, 2.24) is 24.8 Å². The molecule has 8 heteroatoms. The van der Waals surface area contributed by atoms with Gasteiger partial charge in [-0.2, -0.15) is 4.98 Å². The Morgan fingerprint density at radius 2 is 1.89 bits per heavy atom. The molecular weight excluding hydrogens is 354 g/mol. The third kappa shape index (κ3) is 3.85. The number of nitrogens with zero attached hydrogens (tertiary/aromatic N) is 6. The van der Waals surface area contributed by atoms with E-state index in [1.54, 1.807) is 18.5 Å². The second-order valence-electron chi connectivity index (χ2n) is 7.11. The van der Waals surface area contributed by atoms with Crippen molar-refractivity contribution in [1.29, 1.82) is 0 Å². The van der Waals surface area contributed by atoms with Crippen molar-refractivity contribution in [2.45, 2.75) is 18.8 Å². The molecule has 0 saturated carbocycles. The van der Waals surface area contributed by atoms with Crippen LogP contribution in [-0.2, 0) is 0 Å². The van der Waals surface area contributed by atoms with Crippen molar-refractivity contribution in [2.24, 2.45) is 0 Å². The van der Waals surface area contributed by atoms with Crippen LogP contribution in [0.25, 0.3) is 11.0 Å². The Hall–Kier alpha value is -3.29. The average molecular weight is 377 g/mol. The average Bonchev–Trinajstić information content (AvgIpc) is 2.73. The molecule has 0 aliphatic carbocycles. The summed E-state index contributed by atoms with van der Waals surface area (Å²) in [4.78, 5) is 33.8. The first-order valence-electron chi connectivity index (χ1n) is 9.38. The molecule has 1 N–H and O–H groups in total. The van der Waals surface area contributed by atoms with Crippen molar-refractivity contribution >= 4 is 28.8 Å². The van der Waals surface area contributed by atoms with E-state index >= 15 is 0 Å². The Morgan fingerprint density at radius 1 is 1.07 bits per heavy atom. The van der Waals surface area contributed by atoms with Crippen molar-refractivity contribution in [2.75, 3.05) is 37.4 Å². The molecule has 2 amide bonds. The highest BCUT2D eigenvalue weighted by atomic mass is 16.2. The molecule has 3 aromatic heterocycles. The predicted molar refractivity (Wildman–Crippen MR) is 108 cm³/mol. The van der Waals surface area contributed by atoms with Gasteiger partial charge >= 0.3 is 6.03 Å². The number of piperidine rings is 1. The first-order valence-corrected chi connectivity index (χ1v) is 9.38. The third-order valence-corrected chi connectivity index (χ3v) is 5.00. The fourth-order valence-electron chi connectivity index (χ4n) is 3.41. The number of carbonyl (C=O) groups is 1. The maximum Gasteiger partial charge on any atom is 0.324 e. The molecule has 0 unspecified atom stereocenters. The van der Waals surface area contributed by atoms with Gasteiger partial charge in [0.15, 0.2) is 5.65 Å². The largest absolute Gasteiger partial charge is 0.363 e. The van der Waals surface area contributed by atoms with Gasteiger partial charge in [-0.25, -0.2) is 19.7 Å². The number of anilines is 2. The minimum atomic E-state index is -0.164. The van der Waals surface area contributed by atoms with Crippen LogP contribution >= 0.6 is 0 Å². The van der Waals surface area contributed by atoms with Gasteiger partial charge in [0.2, 0.25) is 5.95 Å². The number of fused-ring (bicyclic) bond motifs is 1. The van der Waals surface area contributed by atoms with Crippen LogP contribution < -0.4 is 10.2 Å². The number of aromatic nitrogens is 4. The SMILES string of the molecule is CN(C)c1ccnc(NC(=O)N2CCC(c3ccc4cccnc4n3)CC2)n1. The molecule has 1 aliphatic rings. The topological polar surface area (TPSA) is 87.1 Å². The number of rotatable bonds is 3. The summed E-state index contributed by atoms with van der Waals surface area (Å²) >= 11 is 0. The summed E-state index contributed by atoms with van der Waals surface area (Å²) in [6.07, 6.45) is 5.15. The molecule has 0 spiro atoms. The van der Waals surface area contributed by atoms with Crippen molar-refractivity contribution < 1.29 is 4.79 Å². The highest BCUT2D eigenvalue weighted by Gasteiger charge is 2.25. The van der Waals surface area contributed by atoms with E-state index in [1.165, 1.54) is 0 Å². The van der Waals surface area contributed by atoms with Crippen molar-refractivity contribution in [3.63, 3.8) is 0 Å². The zero-order valence-electron chi connectivity index (χ0n) is 16.0. The Balaban J connectivity index is 1.38. The molecule has 4 rings (SSSR count). The number of urea groups is 1. The summed E-state index contributed by atoms with van der Waals surface area (Å²) in [6.45, 7) is 1.34. The quantitative estimate of drug-likeness (QED) is 0.755. The molecule has 8 nitrogen and oxygen atoms in total. The van der Waals surface area contributed by atoms with Crippen LogP contribution in [0, 0.1) is 0 Å². The van der Waals surface area contributed by atoms with E-state index in [4.69, 9.17) is 4.98 Å². The Bertz CT molecular complexity index is 983. The normalized spacial score (nSPS) is 14.9. The van der Waals surface area contributed by atoms with Crippen molar-refractivity contribution in [3.05, 3.63) is 48.4 Å². The van der Waals surface area contributed by atoms with E-state index in [-0.39, 0.29) is 6.03 Å². The zero-order chi connectivity index (χ0) is 19.5. The second kappa shape index (κ2) is 7.75. The van der Waals surface area contributed by atoms with E-state index in [0.717, 1.165) is 35.4 Å². The van der Waals surface area contributed by atoms with E-state index < -0.39 is 0 Å². The number of carbonyl (C=O) groups excluding carboxylic acids is 1. The van der Waals surface area contributed by atoms with E-state index in [9.17, 15) is 4.79 Å². The fourth-order valence-corrected chi connectivity index (χ4v) is 3.41. The molecule has 28 heavy (non-hydrogen) atoms. The first-order chi connectivity index (χ1) is 13.6. The summed E-state index contributed by atoms with van der Waals surface area (Å²) in [5.41, 5.74) is 1.83. The van der Waals surface area contributed by atoms with E-state index in [0.29, 0.717) is 25.0 Å². The highest BCUT2D eigenvalue weighted by molar-refractivity contribution is 5.87. The molecule has 0 bridgehead atoms. The van der Waals surface area contributed by atoms with Crippen LogP contribution in [0.1, 0.15) is 24.5 Å². The molecule has 4 heterocycles. The fraction of sp³-hybridized carbons (Fsp3) is 0.350. The van der Waals surface area contributed by atoms with Crippen LogP contribution in [0.3, 0.4) is 0 Å². The number of likely N-dealkylation sites (tertiary alicyclic amines) is 1. The summed E-state index contributed by atoms with van der Waals surface area (Å²) < 4.78 is 0. The van der Waals surface area contributed by atoms with Crippen LogP contribution in [0.2, 0.25) is 0 Å². The van der Waals surface area contributed by atoms with E-state index in [2.05, 4.69) is 32.4 Å². The molecule has 1 fully saturated rings. The third-order valence-electron chi connectivity index (χ3n) is 5.00. The maximum absolute atomic E-state index is 12.6. The van der Waals surface area contributed by atoms with E-state index in [1.807, 2.05) is 36.0 Å². The summed E-state index contributed by atoms with van der Waals surface area (Å²) in [6, 6.07) is 9.71. The van der Waals surface area contributed by atoms with Gasteiger partial charge in [0, 0.05) is 56.6 Å². The molecule has 1 aliphatic heterocycles. The molecule has 144 valence electrons. The lowest BCUT2D eigenvalue weighted by Gasteiger charge is -2.31. The number of hydrogen-bond donors (Lipinski definition) is 1. The Labute approximate surface area is 163 Å². The second-order valence-corrected chi connectivity index (χ2v) is 7.11. The first kappa shape index (κ1) is 18.1. The Morgan fingerprint density at radius 3 is 2.68 bits per heavy atom. The highest BCUT2D eigenvalue weighted by Crippen LogP contribution is 2.28. The van der Waals surface area contributed by atoms with Crippen LogP contribution in [0.15, 0.2) is 42.7 Å². The molecule has 0 atom stereocenters. The predicted octanol–water partition coefficient (Wildman–Crippen LogP) is 2.90. The minimum Gasteiger partial charge on any atom is -0.363 e. The van der Waals surface area contributed by atoms with Crippen LogP contribution in [-0.4, -0.2) is 58.1 Å². The van der Waals surface area contributed by atoms with Crippen LogP contribution in [0.5, 0.6) is 0 Å². The summed E-state index contributed by atoms with van der Waals surface area (Å²) in [7, 11) is 3.80. The number of nitrogens with one attached hydrogen (secondary N) is 1.